The van der Waals surface area contributed by atoms with Gasteiger partial charge in [0.05, 0.1) is 5.35 Å². The normalized spacial score (nSPS) is 13.3. The number of nitrogens with one attached hydrogen (secondary N) is 2. The van der Waals surface area contributed by atoms with Gasteiger partial charge in [-0.1, -0.05) is 36.4 Å². The van der Waals surface area contributed by atoms with Gasteiger partial charge in [0.15, 0.2) is 0 Å². The highest BCUT2D eigenvalue weighted by molar-refractivity contribution is 5.65. The van der Waals surface area contributed by atoms with Gasteiger partial charge in [-0.25, -0.2) is 0 Å². The molecule has 0 radical (unpaired) electrons. The Labute approximate surface area is 144 Å². The maximum Gasteiger partial charge on any atom is 0.256 e. The second-order valence-electron chi connectivity index (χ2n) is 6.37. The Balaban J connectivity index is 1.71. The predicted octanol–water partition coefficient (Wildman–Crippen LogP) is 2.44. The van der Waals surface area contributed by atoms with E-state index in [4.69, 9.17) is 0 Å². The van der Waals surface area contributed by atoms with E-state index < -0.39 is 0 Å². The SMILES string of the molecule is O=c1[nH]c2c(c3c1=CC=CC3)C=c1cc(Nc3ccccc3)ccc1=2. The zero-order valence-corrected chi connectivity index (χ0v) is 13.5. The number of pyridine rings is 1. The molecule has 0 fully saturated rings. The van der Waals surface area contributed by atoms with E-state index in [2.05, 4.69) is 40.7 Å². The molecule has 0 spiro atoms. The summed E-state index contributed by atoms with van der Waals surface area (Å²) in [7, 11) is 0. The van der Waals surface area contributed by atoms with E-state index in [1.165, 1.54) is 0 Å². The monoisotopic (exact) mass is 324 g/mol. The number of rotatable bonds is 2. The Morgan fingerprint density at radius 2 is 1.88 bits per heavy atom. The lowest BCUT2D eigenvalue weighted by Crippen LogP contribution is -2.33. The Kier molecular flexibility index (Phi) is 3.01. The van der Waals surface area contributed by atoms with Gasteiger partial charge in [-0.15, -0.1) is 0 Å². The number of benzene rings is 2. The molecule has 3 heteroatoms. The van der Waals surface area contributed by atoms with E-state index in [0.717, 1.165) is 49.9 Å². The van der Waals surface area contributed by atoms with Gasteiger partial charge in [-0.2, -0.15) is 0 Å². The number of anilines is 2. The summed E-state index contributed by atoms with van der Waals surface area (Å²) in [5.41, 5.74) is 4.35. The summed E-state index contributed by atoms with van der Waals surface area (Å²) in [6.07, 6.45) is 8.94. The Morgan fingerprint density at radius 3 is 2.76 bits per heavy atom. The third kappa shape index (κ3) is 2.24. The van der Waals surface area contributed by atoms with E-state index in [-0.39, 0.29) is 5.56 Å². The number of aromatic nitrogens is 1. The van der Waals surface area contributed by atoms with Crippen molar-refractivity contribution < 1.29 is 0 Å². The molecule has 3 nitrogen and oxygen atoms in total. The second kappa shape index (κ2) is 5.35. The van der Waals surface area contributed by atoms with Gasteiger partial charge in [0.1, 0.15) is 0 Å². The average Bonchev–Trinajstić information content (AvgIpc) is 3.01. The maximum atomic E-state index is 12.4. The minimum absolute atomic E-state index is 0.00848. The van der Waals surface area contributed by atoms with Crippen LogP contribution in [-0.4, -0.2) is 4.98 Å². The summed E-state index contributed by atoms with van der Waals surface area (Å²) in [4.78, 5) is 15.5. The third-order valence-electron chi connectivity index (χ3n) is 4.81. The smallest absolute Gasteiger partial charge is 0.256 e. The van der Waals surface area contributed by atoms with Crippen LogP contribution >= 0.6 is 0 Å². The molecule has 1 aromatic heterocycles. The quantitative estimate of drug-likeness (QED) is 0.595. The fourth-order valence-corrected chi connectivity index (χ4v) is 3.63. The van der Waals surface area contributed by atoms with Crippen molar-refractivity contribution in [2.45, 2.75) is 6.42 Å². The first-order valence-electron chi connectivity index (χ1n) is 8.40. The summed E-state index contributed by atoms with van der Waals surface area (Å²) < 4.78 is 0. The molecular weight excluding hydrogens is 308 g/mol. The van der Waals surface area contributed by atoms with Crippen molar-refractivity contribution >= 4 is 23.5 Å². The highest BCUT2D eigenvalue weighted by Crippen LogP contribution is 2.17. The van der Waals surface area contributed by atoms with Crippen molar-refractivity contribution in [1.29, 1.82) is 0 Å². The van der Waals surface area contributed by atoms with Crippen LogP contribution in [0.2, 0.25) is 0 Å². The third-order valence-corrected chi connectivity index (χ3v) is 4.81. The van der Waals surface area contributed by atoms with Gasteiger partial charge in [-0.05, 0) is 53.6 Å². The van der Waals surface area contributed by atoms with Gasteiger partial charge >= 0.3 is 0 Å². The number of allylic oxidation sites excluding steroid dienone is 2. The van der Waals surface area contributed by atoms with E-state index in [1.54, 1.807) is 0 Å². The number of H-pyrrole nitrogens is 1. The molecule has 25 heavy (non-hydrogen) atoms. The molecule has 0 unspecified atom stereocenters. The molecule has 0 saturated carbocycles. The predicted molar refractivity (Wildman–Crippen MR) is 101 cm³/mol. The van der Waals surface area contributed by atoms with Crippen LogP contribution in [0, 0.1) is 10.6 Å². The standard InChI is InChI=1S/C22H16N2O/c25-22-19-9-5-4-8-18(19)20-13-14-12-16(10-11-17(14)21(20)24-22)23-15-6-2-1-3-7-15/h1-7,9-13,23H,8H2,(H,24,25). The zero-order chi connectivity index (χ0) is 16.8. The number of fused-ring (bicyclic) bond motifs is 4. The van der Waals surface area contributed by atoms with Crippen LogP contribution in [0.5, 0.6) is 0 Å². The molecule has 0 aliphatic heterocycles. The maximum absolute atomic E-state index is 12.4. The Morgan fingerprint density at radius 1 is 1.00 bits per heavy atom. The molecule has 2 aliphatic carbocycles. The molecule has 2 aliphatic rings. The lowest BCUT2D eigenvalue weighted by molar-refractivity contribution is 1.07. The van der Waals surface area contributed by atoms with Crippen molar-refractivity contribution in [3.05, 3.63) is 103 Å². The summed E-state index contributed by atoms with van der Waals surface area (Å²) >= 11 is 0. The Hall–Kier alpha value is -3.33. The van der Waals surface area contributed by atoms with Crippen molar-refractivity contribution in [1.82, 2.24) is 4.98 Å². The van der Waals surface area contributed by atoms with Gasteiger partial charge in [0.2, 0.25) is 0 Å². The van der Waals surface area contributed by atoms with Gasteiger partial charge < -0.3 is 10.3 Å². The van der Waals surface area contributed by atoms with Crippen molar-refractivity contribution in [2.75, 3.05) is 5.32 Å². The summed E-state index contributed by atoms with van der Waals surface area (Å²) in [5.74, 6) is 0. The average molecular weight is 324 g/mol. The summed E-state index contributed by atoms with van der Waals surface area (Å²) in [5, 5.41) is 7.37. The van der Waals surface area contributed by atoms with Crippen LogP contribution in [0.3, 0.4) is 0 Å². The van der Waals surface area contributed by atoms with Crippen LogP contribution in [0.4, 0.5) is 11.4 Å². The van der Waals surface area contributed by atoms with Gasteiger partial charge in [-0.3, -0.25) is 4.79 Å². The molecule has 5 rings (SSSR count). The molecule has 2 N–H and O–H groups in total. The molecular formula is C22H16N2O. The molecule has 1 heterocycles. The first-order valence-corrected chi connectivity index (χ1v) is 8.40. The van der Waals surface area contributed by atoms with Crippen LogP contribution < -0.4 is 21.3 Å². The van der Waals surface area contributed by atoms with E-state index >= 15 is 0 Å². The topological polar surface area (TPSA) is 44.9 Å². The minimum atomic E-state index is -0.00848. The molecule has 2 aromatic carbocycles. The summed E-state index contributed by atoms with van der Waals surface area (Å²) in [6.45, 7) is 0. The molecule has 3 aromatic rings. The fraction of sp³-hybridized carbons (Fsp3) is 0.0455. The first kappa shape index (κ1) is 14.1. The van der Waals surface area contributed by atoms with Crippen molar-refractivity contribution in [2.24, 2.45) is 0 Å². The summed E-state index contributed by atoms with van der Waals surface area (Å²) in [6, 6.07) is 16.4. The number of hydrogen-bond acceptors (Lipinski definition) is 2. The van der Waals surface area contributed by atoms with Gasteiger partial charge in [0, 0.05) is 27.4 Å². The highest BCUT2D eigenvalue weighted by atomic mass is 16.1. The second-order valence-corrected chi connectivity index (χ2v) is 6.37. The molecule has 0 bridgehead atoms. The molecule has 0 amide bonds. The number of aromatic amines is 1. The largest absolute Gasteiger partial charge is 0.356 e. The van der Waals surface area contributed by atoms with Crippen LogP contribution in [-0.2, 0) is 6.42 Å². The van der Waals surface area contributed by atoms with Crippen LogP contribution in [0.25, 0.3) is 12.2 Å². The van der Waals surface area contributed by atoms with E-state index in [0.29, 0.717) is 0 Å². The Bertz CT molecular complexity index is 1300. The molecule has 0 saturated heterocycles. The van der Waals surface area contributed by atoms with Crippen molar-refractivity contribution in [3.63, 3.8) is 0 Å². The highest BCUT2D eigenvalue weighted by Gasteiger charge is 2.13. The first-order chi connectivity index (χ1) is 12.3. The minimum Gasteiger partial charge on any atom is -0.356 e. The lowest BCUT2D eigenvalue weighted by Gasteiger charge is -2.06. The van der Waals surface area contributed by atoms with Crippen molar-refractivity contribution in [3.8, 4) is 0 Å². The zero-order valence-electron chi connectivity index (χ0n) is 13.5. The number of hydrogen-bond donors (Lipinski definition) is 2. The lowest BCUT2D eigenvalue weighted by atomic mass is 10.0. The molecule has 0 atom stereocenters. The molecule has 120 valence electrons. The van der Waals surface area contributed by atoms with E-state index in [1.807, 2.05) is 42.5 Å². The van der Waals surface area contributed by atoms with Gasteiger partial charge in [0.25, 0.3) is 5.56 Å². The van der Waals surface area contributed by atoms with Crippen LogP contribution in [0.1, 0.15) is 11.1 Å². The number of para-hydroxylation sites is 1. The fourth-order valence-electron chi connectivity index (χ4n) is 3.63. The van der Waals surface area contributed by atoms with Crippen LogP contribution in [0.15, 0.2) is 65.5 Å². The van der Waals surface area contributed by atoms with E-state index in [9.17, 15) is 4.79 Å².